The van der Waals surface area contributed by atoms with Gasteiger partial charge in [-0.1, -0.05) is 12.8 Å². The molecule has 98 valence electrons. The van der Waals surface area contributed by atoms with E-state index in [-0.39, 0.29) is 0 Å². The van der Waals surface area contributed by atoms with Gasteiger partial charge in [0.25, 0.3) is 0 Å². The van der Waals surface area contributed by atoms with Crippen LogP contribution in [0.15, 0.2) is 12.3 Å². The van der Waals surface area contributed by atoms with Crippen molar-refractivity contribution in [2.45, 2.75) is 44.6 Å². The van der Waals surface area contributed by atoms with Crippen molar-refractivity contribution in [3.8, 4) is 0 Å². The Morgan fingerprint density at radius 3 is 2.94 bits per heavy atom. The number of hydrogen-bond acceptors (Lipinski definition) is 5. The molecule has 2 fully saturated rings. The van der Waals surface area contributed by atoms with Gasteiger partial charge in [-0.05, 0) is 37.7 Å². The number of hydrazine groups is 1. The number of anilines is 2. The number of nitrogens with zero attached hydrogens (tertiary/aromatic N) is 3. The Labute approximate surface area is 108 Å². The summed E-state index contributed by atoms with van der Waals surface area (Å²) in [6.45, 7) is 1.11. The molecule has 2 heterocycles. The Kier molecular flexibility index (Phi) is 3.32. The van der Waals surface area contributed by atoms with Crippen molar-refractivity contribution in [1.29, 1.82) is 0 Å². The van der Waals surface area contributed by atoms with Gasteiger partial charge in [0.05, 0.1) is 0 Å². The van der Waals surface area contributed by atoms with E-state index in [0.29, 0.717) is 12.0 Å². The molecule has 2 atom stereocenters. The maximum absolute atomic E-state index is 5.39. The van der Waals surface area contributed by atoms with Crippen LogP contribution in [-0.2, 0) is 0 Å². The summed E-state index contributed by atoms with van der Waals surface area (Å²) >= 11 is 0. The normalized spacial score (nSPS) is 27.7. The van der Waals surface area contributed by atoms with E-state index in [1.54, 1.807) is 6.20 Å². The monoisotopic (exact) mass is 247 g/mol. The second-order valence-corrected chi connectivity index (χ2v) is 5.33. The fraction of sp³-hybridized carbons (Fsp3) is 0.692. The van der Waals surface area contributed by atoms with Crippen molar-refractivity contribution in [2.24, 2.45) is 11.8 Å². The molecule has 1 aliphatic carbocycles. The van der Waals surface area contributed by atoms with Crippen LogP contribution in [0.3, 0.4) is 0 Å². The standard InChI is InChI=1S/C13H21N5/c14-17-13-15-8-7-12(16-13)18-9-3-5-10-4-1-2-6-11(10)18/h7-8,10-11H,1-6,9,14H2,(H,15,16,17)/t10-,11-/m1/s1. The predicted octanol–water partition coefficient (Wildman–Crippen LogP) is 1.92. The number of rotatable bonds is 2. The summed E-state index contributed by atoms with van der Waals surface area (Å²) in [5, 5.41) is 0. The highest BCUT2D eigenvalue weighted by atomic mass is 15.3. The van der Waals surface area contributed by atoms with Gasteiger partial charge in [0.15, 0.2) is 0 Å². The molecular formula is C13H21N5. The number of piperidine rings is 1. The van der Waals surface area contributed by atoms with Gasteiger partial charge in [-0.3, -0.25) is 5.43 Å². The quantitative estimate of drug-likeness (QED) is 0.617. The third-order valence-corrected chi connectivity index (χ3v) is 4.31. The van der Waals surface area contributed by atoms with E-state index < -0.39 is 0 Å². The second-order valence-electron chi connectivity index (χ2n) is 5.33. The van der Waals surface area contributed by atoms with E-state index in [1.807, 2.05) is 6.07 Å². The van der Waals surface area contributed by atoms with Crippen molar-refractivity contribution in [3.63, 3.8) is 0 Å². The van der Waals surface area contributed by atoms with Crippen LogP contribution in [0.25, 0.3) is 0 Å². The lowest BCUT2D eigenvalue weighted by Gasteiger charge is -2.44. The molecule has 1 aromatic rings. The Morgan fingerprint density at radius 2 is 2.06 bits per heavy atom. The summed E-state index contributed by atoms with van der Waals surface area (Å²) in [5.74, 6) is 7.77. The van der Waals surface area contributed by atoms with Gasteiger partial charge in [-0.2, -0.15) is 4.98 Å². The number of nitrogen functional groups attached to an aromatic ring is 1. The minimum Gasteiger partial charge on any atom is -0.353 e. The first kappa shape index (κ1) is 11.7. The van der Waals surface area contributed by atoms with Gasteiger partial charge in [0.2, 0.25) is 5.95 Å². The molecule has 5 nitrogen and oxygen atoms in total. The average molecular weight is 247 g/mol. The second kappa shape index (κ2) is 5.10. The summed E-state index contributed by atoms with van der Waals surface area (Å²) in [5.41, 5.74) is 2.53. The lowest BCUT2D eigenvalue weighted by atomic mass is 9.78. The fourth-order valence-electron chi connectivity index (χ4n) is 3.49. The topological polar surface area (TPSA) is 67.1 Å². The zero-order valence-corrected chi connectivity index (χ0v) is 10.7. The molecule has 18 heavy (non-hydrogen) atoms. The maximum Gasteiger partial charge on any atom is 0.239 e. The third kappa shape index (κ3) is 2.14. The zero-order valence-electron chi connectivity index (χ0n) is 10.7. The third-order valence-electron chi connectivity index (χ3n) is 4.31. The van der Waals surface area contributed by atoms with Crippen molar-refractivity contribution in [1.82, 2.24) is 9.97 Å². The molecular weight excluding hydrogens is 226 g/mol. The van der Waals surface area contributed by atoms with Gasteiger partial charge in [0, 0.05) is 18.8 Å². The molecule has 0 unspecified atom stereocenters. The van der Waals surface area contributed by atoms with E-state index in [4.69, 9.17) is 5.84 Å². The molecule has 0 bridgehead atoms. The van der Waals surface area contributed by atoms with E-state index in [2.05, 4.69) is 20.3 Å². The number of fused-ring (bicyclic) bond motifs is 1. The highest BCUT2D eigenvalue weighted by molar-refractivity contribution is 5.44. The van der Waals surface area contributed by atoms with Gasteiger partial charge in [0.1, 0.15) is 5.82 Å². The Bertz CT molecular complexity index is 406. The van der Waals surface area contributed by atoms with Crippen LogP contribution < -0.4 is 16.2 Å². The van der Waals surface area contributed by atoms with Crippen molar-refractivity contribution in [2.75, 3.05) is 16.9 Å². The molecule has 0 spiro atoms. The van der Waals surface area contributed by atoms with E-state index in [0.717, 1.165) is 18.3 Å². The number of nitrogens with two attached hydrogens (primary N) is 1. The van der Waals surface area contributed by atoms with Gasteiger partial charge < -0.3 is 4.90 Å². The van der Waals surface area contributed by atoms with Crippen LogP contribution >= 0.6 is 0 Å². The van der Waals surface area contributed by atoms with Crippen LogP contribution in [0.1, 0.15) is 38.5 Å². The molecule has 1 saturated heterocycles. The highest BCUT2D eigenvalue weighted by Crippen LogP contribution is 2.37. The number of nitrogens with one attached hydrogen (secondary N) is 1. The van der Waals surface area contributed by atoms with Crippen molar-refractivity contribution in [3.05, 3.63) is 12.3 Å². The fourth-order valence-corrected chi connectivity index (χ4v) is 3.49. The summed E-state index contributed by atoms with van der Waals surface area (Å²) in [4.78, 5) is 11.0. The Morgan fingerprint density at radius 1 is 1.22 bits per heavy atom. The highest BCUT2D eigenvalue weighted by Gasteiger charge is 2.33. The largest absolute Gasteiger partial charge is 0.353 e. The number of aromatic nitrogens is 2. The van der Waals surface area contributed by atoms with E-state index in [9.17, 15) is 0 Å². The lowest BCUT2D eigenvalue weighted by molar-refractivity contribution is 0.243. The van der Waals surface area contributed by atoms with Gasteiger partial charge in [-0.25, -0.2) is 10.8 Å². The van der Waals surface area contributed by atoms with Gasteiger partial charge >= 0.3 is 0 Å². The number of hydrogen-bond donors (Lipinski definition) is 2. The lowest BCUT2D eigenvalue weighted by Crippen LogP contribution is -2.47. The minimum absolute atomic E-state index is 0.505. The molecule has 2 aliphatic rings. The first-order valence-electron chi connectivity index (χ1n) is 6.95. The van der Waals surface area contributed by atoms with Crippen LogP contribution in [-0.4, -0.2) is 22.6 Å². The molecule has 3 N–H and O–H groups in total. The molecule has 0 aromatic carbocycles. The van der Waals surface area contributed by atoms with Crippen LogP contribution in [0.2, 0.25) is 0 Å². The predicted molar refractivity (Wildman–Crippen MR) is 72.2 cm³/mol. The summed E-state index contributed by atoms with van der Waals surface area (Å²) in [6, 6.07) is 2.67. The van der Waals surface area contributed by atoms with Crippen LogP contribution in [0.4, 0.5) is 11.8 Å². The molecule has 1 aliphatic heterocycles. The molecule has 0 amide bonds. The van der Waals surface area contributed by atoms with Crippen molar-refractivity contribution < 1.29 is 0 Å². The van der Waals surface area contributed by atoms with Crippen LogP contribution in [0.5, 0.6) is 0 Å². The van der Waals surface area contributed by atoms with E-state index in [1.165, 1.54) is 38.5 Å². The molecule has 0 radical (unpaired) electrons. The van der Waals surface area contributed by atoms with Gasteiger partial charge in [-0.15, -0.1) is 0 Å². The zero-order chi connectivity index (χ0) is 12.4. The smallest absolute Gasteiger partial charge is 0.239 e. The Hall–Kier alpha value is -1.36. The average Bonchev–Trinajstić information content (AvgIpc) is 2.47. The maximum atomic E-state index is 5.39. The summed E-state index contributed by atoms with van der Waals surface area (Å²) in [7, 11) is 0. The molecule has 5 heteroatoms. The minimum atomic E-state index is 0.505. The molecule has 1 aromatic heterocycles. The molecule has 1 saturated carbocycles. The first-order chi connectivity index (χ1) is 8.88. The van der Waals surface area contributed by atoms with E-state index >= 15 is 0 Å². The summed E-state index contributed by atoms with van der Waals surface area (Å²) in [6.07, 6.45) is 9.88. The van der Waals surface area contributed by atoms with Crippen LogP contribution in [0, 0.1) is 5.92 Å². The molecule has 3 rings (SSSR count). The SMILES string of the molecule is NNc1nccc(N2CCC[C@H]3CCCC[C@H]32)n1. The summed E-state index contributed by atoms with van der Waals surface area (Å²) < 4.78 is 0. The first-order valence-corrected chi connectivity index (χ1v) is 6.95. The Balaban J connectivity index is 1.84. The van der Waals surface area contributed by atoms with Crippen molar-refractivity contribution >= 4 is 11.8 Å².